The molecule has 3 rings (SSSR count). The molecule has 4 nitrogen and oxygen atoms in total. The van der Waals surface area contributed by atoms with Gasteiger partial charge in [0.05, 0.1) is 18.2 Å². The SMILES string of the molecule is O=C(NCc1ccccn1)C1CCNc2ccccc21. The minimum absolute atomic E-state index is 0.0730. The van der Waals surface area contributed by atoms with Crippen molar-refractivity contribution in [3.05, 3.63) is 59.9 Å². The van der Waals surface area contributed by atoms with E-state index in [0.717, 1.165) is 29.9 Å². The van der Waals surface area contributed by atoms with E-state index < -0.39 is 0 Å². The van der Waals surface area contributed by atoms with Gasteiger partial charge < -0.3 is 10.6 Å². The Morgan fingerprint density at radius 2 is 2.10 bits per heavy atom. The van der Waals surface area contributed by atoms with Crippen LogP contribution < -0.4 is 10.6 Å². The second kappa shape index (κ2) is 5.74. The van der Waals surface area contributed by atoms with Crippen LogP contribution in [0.25, 0.3) is 0 Å². The average molecular weight is 267 g/mol. The van der Waals surface area contributed by atoms with Gasteiger partial charge in [0.1, 0.15) is 0 Å². The number of para-hydroxylation sites is 1. The van der Waals surface area contributed by atoms with E-state index >= 15 is 0 Å². The molecule has 0 aliphatic carbocycles. The van der Waals surface area contributed by atoms with Crippen molar-refractivity contribution in [2.45, 2.75) is 18.9 Å². The summed E-state index contributed by atoms with van der Waals surface area (Å²) >= 11 is 0. The van der Waals surface area contributed by atoms with Gasteiger partial charge in [-0.25, -0.2) is 0 Å². The number of pyridine rings is 1. The standard InChI is InChI=1S/C16H17N3O/c20-16(19-11-12-5-3-4-9-17-12)14-8-10-18-15-7-2-1-6-13(14)15/h1-7,9,14,18H,8,10-11H2,(H,19,20). The lowest BCUT2D eigenvalue weighted by Crippen LogP contribution is -2.32. The van der Waals surface area contributed by atoms with E-state index in [9.17, 15) is 4.79 Å². The van der Waals surface area contributed by atoms with Gasteiger partial charge in [-0.2, -0.15) is 0 Å². The Balaban J connectivity index is 1.69. The molecule has 1 aromatic carbocycles. The predicted octanol–water partition coefficient (Wildman–Crippen LogP) is 2.30. The minimum Gasteiger partial charge on any atom is -0.385 e. The molecule has 1 amide bonds. The number of amides is 1. The van der Waals surface area contributed by atoms with Gasteiger partial charge in [0.15, 0.2) is 0 Å². The molecule has 0 radical (unpaired) electrons. The van der Waals surface area contributed by atoms with Crippen molar-refractivity contribution in [3.63, 3.8) is 0 Å². The Kier molecular flexibility index (Phi) is 3.63. The highest BCUT2D eigenvalue weighted by Gasteiger charge is 2.25. The topological polar surface area (TPSA) is 54.0 Å². The van der Waals surface area contributed by atoms with Crippen molar-refractivity contribution in [3.8, 4) is 0 Å². The fourth-order valence-electron chi connectivity index (χ4n) is 2.54. The Morgan fingerprint density at radius 1 is 1.25 bits per heavy atom. The normalized spacial score (nSPS) is 16.9. The number of anilines is 1. The highest BCUT2D eigenvalue weighted by atomic mass is 16.1. The molecule has 2 N–H and O–H groups in total. The maximum Gasteiger partial charge on any atom is 0.228 e. The van der Waals surface area contributed by atoms with Crippen LogP contribution in [0.3, 0.4) is 0 Å². The molecule has 2 heterocycles. The van der Waals surface area contributed by atoms with E-state index in [4.69, 9.17) is 0 Å². The van der Waals surface area contributed by atoms with Crippen molar-refractivity contribution < 1.29 is 4.79 Å². The minimum atomic E-state index is -0.0730. The Morgan fingerprint density at radius 3 is 2.95 bits per heavy atom. The van der Waals surface area contributed by atoms with Gasteiger partial charge in [0.25, 0.3) is 0 Å². The monoisotopic (exact) mass is 267 g/mol. The van der Waals surface area contributed by atoms with E-state index in [2.05, 4.69) is 15.6 Å². The number of carbonyl (C=O) groups is 1. The maximum atomic E-state index is 12.4. The van der Waals surface area contributed by atoms with Gasteiger partial charge in [-0.3, -0.25) is 9.78 Å². The third-order valence-corrected chi connectivity index (χ3v) is 3.57. The smallest absolute Gasteiger partial charge is 0.228 e. The average Bonchev–Trinajstić information content (AvgIpc) is 2.53. The summed E-state index contributed by atoms with van der Waals surface area (Å²) in [5.41, 5.74) is 3.03. The first-order valence-corrected chi connectivity index (χ1v) is 6.85. The zero-order valence-electron chi connectivity index (χ0n) is 11.2. The molecular weight excluding hydrogens is 250 g/mol. The van der Waals surface area contributed by atoms with Crippen LogP contribution >= 0.6 is 0 Å². The fraction of sp³-hybridized carbons (Fsp3) is 0.250. The van der Waals surface area contributed by atoms with Crippen LogP contribution in [0, 0.1) is 0 Å². The van der Waals surface area contributed by atoms with Crippen LogP contribution in [-0.2, 0) is 11.3 Å². The first-order valence-electron chi connectivity index (χ1n) is 6.85. The summed E-state index contributed by atoms with van der Waals surface area (Å²) in [6, 6.07) is 13.7. The maximum absolute atomic E-state index is 12.4. The number of benzene rings is 1. The van der Waals surface area contributed by atoms with E-state index in [1.54, 1.807) is 6.20 Å². The number of fused-ring (bicyclic) bond motifs is 1. The van der Waals surface area contributed by atoms with Crippen LogP contribution in [0.5, 0.6) is 0 Å². The van der Waals surface area contributed by atoms with Crippen molar-refractivity contribution >= 4 is 11.6 Å². The number of rotatable bonds is 3. The molecule has 0 bridgehead atoms. The molecule has 1 aromatic heterocycles. The summed E-state index contributed by atoms with van der Waals surface area (Å²) in [6.07, 6.45) is 2.56. The lowest BCUT2D eigenvalue weighted by Gasteiger charge is -2.25. The Hall–Kier alpha value is -2.36. The number of hydrogen-bond donors (Lipinski definition) is 2. The third-order valence-electron chi connectivity index (χ3n) is 3.57. The highest BCUT2D eigenvalue weighted by Crippen LogP contribution is 2.31. The highest BCUT2D eigenvalue weighted by molar-refractivity contribution is 5.86. The van der Waals surface area contributed by atoms with Crippen LogP contribution in [-0.4, -0.2) is 17.4 Å². The summed E-state index contributed by atoms with van der Waals surface area (Å²) in [5, 5.41) is 6.31. The summed E-state index contributed by atoms with van der Waals surface area (Å²) in [5.74, 6) is 0.000709. The van der Waals surface area contributed by atoms with Crippen molar-refractivity contribution in [2.24, 2.45) is 0 Å². The molecule has 0 fully saturated rings. The molecule has 20 heavy (non-hydrogen) atoms. The van der Waals surface area contributed by atoms with Crippen LogP contribution in [0.1, 0.15) is 23.6 Å². The molecule has 0 saturated heterocycles. The molecule has 1 atom stereocenters. The first-order chi connectivity index (χ1) is 9.84. The van der Waals surface area contributed by atoms with Crippen molar-refractivity contribution in [1.82, 2.24) is 10.3 Å². The van der Waals surface area contributed by atoms with E-state index in [0.29, 0.717) is 6.54 Å². The van der Waals surface area contributed by atoms with E-state index in [-0.39, 0.29) is 11.8 Å². The first kappa shape index (κ1) is 12.7. The molecule has 102 valence electrons. The largest absolute Gasteiger partial charge is 0.385 e. The second-order valence-corrected chi connectivity index (χ2v) is 4.89. The van der Waals surface area contributed by atoms with Crippen LogP contribution in [0.15, 0.2) is 48.7 Å². The van der Waals surface area contributed by atoms with Crippen molar-refractivity contribution in [2.75, 3.05) is 11.9 Å². The molecule has 2 aromatic rings. The van der Waals surface area contributed by atoms with Gasteiger partial charge >= 0.3 is 0 Å². The zero-order chi connectivity index (χ0) is 13.8. The lowest BCUT2D eigenvalue weighted by atomic mass is 9.90. The number of aromatic nitrogens is 1. The Labute approximate surface area is 118 Å². The van der Waals surface area contributed by atoms with Gasteiger partial charge in [-0.1, -0.05) is 24.3 Å². The van der Waals surface area contributed by atoms with Gasteiger partial charge in [0, 0.05) is 18.4 Å². The lowest BCUT2D eigenvalue weighted by molar-refractivity contribution is -0.122. The molecule has 1 unspecified atom stereocenters. The number of carbonyl (C=O) groups excluding carboxylic acids is 1. The number of hydrogen-bond acceptors (Lipinski definition) is 3. The Bertz CT molecular complexity index is 598. The molecule has 4 heteroatoms. The summed E-state index contributed by atoms with van der Waals surface area (Å²) in [7, 11) is 0. The summed E-state index contributed by atoms with van der Waals surface area (Å²) in [4.78, 5) is 16.6. The summed E-state index contributed by atoms with van der Waals surface area (Å²) in [6.45, 7) is 1.31. The van der Waals surface area contributed by atoms with Gasteiger partial charge in [-0.15, -0.1) is 0 Å². The summed E-state index contributed by atoms with van der Waals surface area (Å²) < 4.78 is 0. The quantitative estimate of drug-likeness (QED) is 0.897. The molecule has 1 aliphatic heterocycles. The fourth-order valence-corrected chi connectivity index (χ4v) is 2.54. The van der Waals surface area contributed by atoms with Crippen molar-refractivity contribution in [1.29, 1.82) is 0 Å². The van der Waals surface area contributed by atoms with Crippen LogP contribution in [0.4, 0.5) is 5.69 Å². The number of nitrogens with zero attached hydrogens (tertiary/aromatic N) is 1. The molecular formula is C16H17N3O. The molecule has 0 spiro atoms. The number of nitrogens with one attached hydrogen (secondary N) is 2. The predicted molar refractivity (Wildman–Crippen MR) is 78.4 cm³/mol. The second-order valence-electron chi connectivity index (χ2n) is 4.89. The van der Waals surface area contributed by atoms with E-state index in [1.807, 2.05) is 42.5 Å². The van der Waals surface area contributed by atoms with Crippen LogP contribution in [0.2, 0.25) is 0 Å². The van der Waals surface area contributed by atoms with Gasteiger partial charge in [0.2, 0.25) is 5.91 Å². The van der Waals surface area contributed by atoms with E-state index in [1.165, 1.54) is 0 Å². The zero-order valence-corrected chi connectivity index (χ0v) is 11.2. The molecule has 0 saturated carbocycles. The molecule has 1 aliphatic rings. The third kappa shape index (κ3) is 2.64. The van der Waals surface area contributed by atoms with Gasteiger partial charge in [-0.05, 0) is 30.2 Å².